The minimum Gasteiger partial charge on any atom is -0.388 e. The molecule has 1 heterocycles. The molecule has 0 bridgehead atoms. The van der Waals surface area contributed by atoms with E-state index in [4.69, 9.17) is 0 Å². The van der Waals surface area contributed by atoms with Crippen molar-refractivity contribution in [1.82, 2.24) is 0 Å². The molecule has 0 fully saturated rings. The Labute approximate surface area is 124 Å². The number of aliphatic hydroxyl groups excluding tert-OH is 1. The van der Waals surface area contributed by atoms with Gasteiger partial charge >= 0.3 is 0 Å². The molecule has 1 aliphatic heterocycles. The van der Waals surface area contributed by atoms with E-state index in [1.165, 1.54) is 0 Å². The summed E-state index contributed by atoms with van der Waals surface area (Å²) in [5.74, 6) is 0.0273. The van der Waals surface area contributed by atoms with Gasteiger partial charge in [-0.05, 0) is 24.5 Å². The van der Waals surface area contributed by atoms with Crippen molar-refractivity contribution in [3.8, 4) is 0 Å². The maximum absolute atomic E-state index is 11.7. The van der Waals surface area contributed by atoms with Crippen LogP contribution in [0.3, 0.4) is 0 Å². The number of carbonyl (C=O) groups excluding carboxylic acids is 1. The predicted molar refractivity (Wildman–Crippen MR) is 83.2 cm³/mol. The van der Waals surface area contributed by atoms with Gasteiger partial charge in [-0.1, -0.05) is 48.0 Å². The number of aliphatic hydroxyl groups is 1. The Morgan fingerprint density at radius 1 is 1.19 bits per heavy atom. The Kier molecular flexibility index (Phi) is 3.76. The maximum Gasteiger partial charge on any atom is 0.224 e. The molecule has 1 aliphatic rings. The Bertz CT molecular complexity index is 664. The van der Waals surface area contributed by atoms with Crippen molar-refractivity contribution in [2.24, 2.45) is 0 Å². The third-order valence-corrected chi connectivity index (χ3v) is 3.91. The fourth-order valence-electron chi connectivity index (χ4n) is 2.90. The predicted octanol–water partition coefficient (Wildman–Crippen LogP) is 3.16. The fraction of sp³-hybridized carbons (Fsp3) is 0.278. The zero-order valence-electron chi connectivity index (χ0n) is 12.1. The minimum absolute atomic E-state index is 0.0273. The number of amides is 1. The van der Waals surface area contributed by atoms with Crippen LogP contribution < -0.4 is 5.32 Å². The average molecular weight is 281 g/mol. The quantitative estimate of drug-likeness (QED) is 0.908. The van der Waals surface area contributed by atoms with E-state index >= 15 is 0 Å². The van der Waals surface area contributed by atoms with E-state index < -0.39 is 6.10 Å². The number of anilines is 1. The summed E-state index contributed by atoms with van der Waals surface area (Å²) in [6, 6.07) is 14.0. The normalized spacial score (nSPS) is 15.2. The number of benzene rings is 2. The molecule has 0 saturated carbocycles. The minimum atomic E-state index is -0.612. The summed E-state index contributed by atoms with van der Waals surface area (Å²) in [6.07, 6.45) is 1.20. The molecule has 0 aliphatic carbocycles. The van der Waals surface area contributed by atoms with E-state index in [0.717, 1.165) is 34.4 Å². The number of nitrogens with one attached hydrogen (secondary N) is 1. The molecule has 0 radical (unpaired) electrons. The average Bonchev–Trinajstić information content (AvgIpc) is 2.48. The van der Waals surface area contributed by atoms with Crippen molar-refractivity contribution in [2.75, 3.05) is 5.32 Å². The molecule has 1 unspecified atom stereocenters. The second-order valence-corrected chi connectivity index (χ2v) is 5.64. The monoisotopic (exact) mass is 281 g/mol. The lowest BCUT2D eigenvalue weighted by molar-refractivity contribution is -0.116. The van der Waals surface area contributed by atoms with Crippen LogP contribution >= 0.6 is 0 Å². The second-order valence-electron chi connectivity index (χ2n) is 5.64. The van der Waals surface area contributed by atoms with Gasteiger partial charge in [-0.2, -0.15) is 0 Å². The van der Waals surface area contributed by atoms with Gasteiger partial charge in [-0.15, -0.1) is 0 Å². The second kappa shape index (κ2) is 5.70. The van der Waals surface area contributed by atoms with Crippen LogP contribution in [0, 0.1) is 6.92 Å². The number of hydrogen-bond acceptors (Lipinski definition) is 2. The Balaban J connectivity index is 1.94. The Hall–Kier alpha value is -2.13. The molecule has 3 heteroatoms. The highest BCUT2D eigenvalue weighted by Crippen LogP contribution is 2.33. The first-order valence-corrected chi connectivity index (χ1v) is 7.29. The smallest absolute Gasteiger partial charge is 0.224 e. The van der Waals surface area contributed by atoms with Gasteiger partial charge in [-0.3, -0.25) is 4.79 Å². The van der Waals surface area contributed by atoms with Crippen LogP contribution in [0.4, 0.5) is 5.69 Å². The van der Waals surface area contributed by atoms with Crippen molar-refractivity contribution < 1.29 is 9.90 Å². The van der Waals surface area contributed by atoms with Gasteiger partial charge in [0.1, 0.15) is 0 Å². The molecule has 0 aromatic heterocycles. The molecule has 1 amide bonds. The number of hydrogen-bond donors (Lipinski definition) is 2. The number of aryl methyl sites for hydroxylation is 2. The molecule has 3 nitrogen and oxygen atoms in total. The highest BCUT2D eigenvalue weighted by atomic mass is 16.3. The van der Waals surface area contributed by atoms with E-state index in [9.17, 15) is 9.90 Å². The lowest BCUT2D eigenvalue weighted by atomic mass is 9.92. The number of carbonyl (C=O) groups is 1. The Morgan fingerprint density at radius 2 is 1.95 bits per heavy atom. The van der Waals surface area contributed by atoms with Gasteiger partial charge in [0.2, 0.25) is 5.91 Å². The standard InChI is InChI=1S/C18H19NO2/c1-12-9-14-7-8-17(21)19-18(14)15(10-12)16(20)11-13-5-3-2-4-6-13/h2-6,9-10,16,20H,7-8,11H2,1H3,(H,19,21). The van der Waals surface area contributed by atoms with Crippen LogP contribution in [0.2, 0.25) is 0 Å². The van der Waals surface area contributed by atoms with Gasteiger partial charge in [0, 0.05) is 24.1 Å². The molecule has 2 aromatic rings. The molecule has 2 aromatic carbocycles. The van der Waals surface area contributed by atoms with Crippen LogP contribution in [0.1, 0.15) is 34.8 Å². The molecule has 0 saturated heterocycles. The van der Waals surface area contributed by atoms with E-state index in [1.54, 1.807) is 0 Å². The first kappa shape index (κ1) is 13.8. The van der Waals surface area contributed by atoms with Crippen LogP contribution in [0.5, 0.6) is 0 Å². The maximum atomic E-state index is 11.7. The van der Waals surface area contributed by atoms with Crippen LogP contribution in [-0.4, -0.2) is 11.0 Å². The zero-order chi connectivity index (χ0) is 14.8. The van der Waals surface area contributed by atoms with Crippen molar-refractivity contribution in [2.45, 2.75) is 32.3 Å². The topological polar surface area (TPSA) is 49.3 Å². The van der Waals surface area contributed by atoms with Crippen molar-refractivity contribution in [3.05, 3.63) is 64.7 Å². The van der Waals surface area contributed by atoms with E-state index in [1.807, 2.05) is 43.3 Å². The number of fused-ring (bicyclic) bond motifs is 1. The van der Waals surface area contributed by atoms with E-state index in [0.29, 0.717) is 12.8 Å². The fourth-order valence-corrected chi connectivity index (χ4v) is 2.90. The summed E-state index contributed by atoms with van der Waals surface area (Å²) in [4.78, 5) is 11.7. The highest BCUT2D eigenvalue weighted by Gasteiger charge is 2.22. The number of rotatable bonds is 3. The molecule has 3 rings (SSSR count). The first-order chi connectivity index (χ1) is 10.1. The SMILES string of the molecule is Cc1cc2c(c(C(O)Cc3ccccc3)c1)NC(=O)CC2. The van der Waals surface area contributed by atoms with Gasteiger partial charge in [-0.25, -0.2) is 0 Å². The van der Waals surface area contributed by atoms with Gasteiger partial charge in [0.15, 0.2) is 0 Å². The molecule has 108 valence electrons. The van der Waals surface area contributed by atoms with Gasteiger partial charge in [0.25, 0.3) is 0 Å². The molecular formula is C18H19NO2. The van der Waals surface area contributed by atoms with Crippen molar-refractivity contribution in [3.63, 3.8) is 0 Å². The van der Waals surface area contributed by atoms with Gasteiger partial charge in [0.05, 0.1) is 6.10 Å². The summed E-state index contributed by atoms with van der Waals surface area (Å²) in [6.45, 7) is 2.02. The highest BCUT2D eigenvalue weighted by molar-refractivity contribution is 5.95. The first-order valence-electron chi connectivity index (χ1n) is 7.29. The third-order valence-electron chi connectivity index (χ3n) is 3.91. The van der Waals surface area contributed by atoms with E-state index in [-0.39, 0.29) is 5.91 Å². The molecule has 0 spiro atoms. The van der Waals surface area contributed by atoms with E-state index in [2.05, 4.69) is 11.4 Å². The van der Waals surface area contributed by atoms with Crippen LogP contribution in [0.15, 0.2) is 42.5 Å². The largest absolute Gasteiger partial charge is 0.388 e. The lowest BCUT2D eigenvalue weighted by Crippen LogP contribution is -2.21. The molecule has 1 atom stereocenters. The van der Waals surface area contributed by atoms with Crippen molar-refractivity contribution >= 4 is 11.6 Å². The summed E-state index contributed by atoms with van der Waals surface area (Å²) < 4.78 is 0. The summed E-state index contributed by atoms with van der Waals surface area (Å²) in [5.41, 5.74) is 4.95. The molecular weight excluding hydrogens is 262 g/mol. The lowest BCUT2D eigenvalue weighted by Gasteiger charge is -2.24. The van der Waals surface area contributed by atoms with Gasteiger partial charge < -0.3 is 10.4 Å². The third kappa shape index (κ3) is 2.98. The Morgan fingerprint density at radius 3 is 2.71 bits per heavy atom. The molecule has 21 heavy (non-hydrogen) atoms. The zero-order valence-corrected chi connectivity index (χ0v) is 12.1. The van der Waals surface area contributed by atoms with Crippen LogP contribution in [-0.2, 0) is 17.6 Å². The van der Waals surface area contributed by atoms with Crippen molar-refractivity contribution in [1.29, 1.82) is 0 Å². The van der Waals surface area contributed by atoms with Crippen LogP contribution in [0.25, 0.3) is 0 Å². The molecule has 2 N–H and O–H groups in total. The summed E-state index contributed by atoms with van der Waals surface area (Å²) in [7, 11) is 0. The summed E-state index contributed by atoms with van der Waals surface area (Å²) >= 11 is 0. The summed E-state index contributed by atoms with van der Waals surface area (Å²) in [5, 5.41) is 13.5.